The lowest BCUT2D eigenvalue weighted by Crippen LogP contribution is -2.11. The molecular formula is C58H40N2. The van der Waals surface area contributed by atoms with Crippen molar-refractivity contribution in [2.75, 3.05) is 4.90 Å². The Balaban J connectivity index is 1.15. The molecule has 282 valence electrons. The van der Waals surface area contributed by atoms with E-state index in [0.29, 0.717) is 0 Å². The monoisotopic (exact) mass is 764 g/mol. The molecule has 2 nitrogen and oxygen atoms in total. The Morgan fingerprint density at radius 1 is 0.283 bits per heavy atom. The highest BCUT2D eigenvalue weighted by molar-refractivity contribution is 6.17. The normalized spacial score (nSPS) is 11.3. The van der Waals surface area contributed by atoms with E-state index in [2.05, 4.69) is 252 Å². The average Bonchev–Trinajstić information content (AvgIpc) is 3.67. The number of benzene rings is 10. The molecule has 0 aliphatic heterocycles. The predicted molar refractivity (Wildman–Crippen MR) is 255 cm³/mol. The van der Waals surface area contributed by atoms with Gasteiger partial charge in [0.1, 0.15) is 0 Å². The van der Waals surface area contributed by atoms with E-state index < -0.39 is 0 Å². The summed E-state index contributed by atoms with van der Waals surface area (Å²) in [5, 5.41) is 4.87. The maximum Gasteiger partial charge on any atom is 0.0562 e. The molecule has 11 rings (SSSR count). The summed E-state index contributed by atoms with van der Waals surface area (Å²) < 4.78 is 2.47. The molecule has 1 heterocycles. The summed E-state index contributed by atoms with van der Waals surface area (Å²) in [6.45, 7) is 0. The van der Waals surface area contributed by atoms with Crippen LogP contribution in [0.4, 0.5) is 17.1 Å². The number of para-hydroxylation sites is 3. The highest BCUT2D eigenvalue weighted by atomic mass is 15.2. The Bertz CT molecular complexity index is 3300. The fourth-order valence-electron chi connectivity index (χ4n) is 9.14. The maximum atomic E-state index is 2.47. The minimum Gasteiger partial charge on any atom is -0.309 e. The van der Waals surface area contributed by atoms with Gasteiger partial charge in [-0.2, -0.15) is 0 Å². The van der Waals surface area contributed by atoms with Crippen LogP contribution >= 0.6 is 0 Å². The molecule has 0 atom stereocenters. The Morgan fingerprint density at radius 3 is 1.52 bits per heavy atom. The van der Waals surface area contributed by atoms with Crippen LogP contribution in [-0.2, 0) is 0 Å². The SMILES string of the molecule is c1ccc(-c2ccccc2-c2ccc(N(c3ccccc3-c3ccccc3)c3cccc4c3c3ccccc3n4-c3ccccc3-c3cccc4ccccc34)cc2)cc1. The molecule has 0 aliphatic carbocycles. The van der Waals surface area contributed by atoms with E-state index in [1.54, 1.807) is 0 Å². The van der Waals surface area contributed by atoms with Crippen molar-refractivity contribution in [3.8, 4) is 50.2 Å². The molecule has 0 fully saturated rings. The maximum absolute atomic E-state index is 2.47. The minimum absolute atomic E-state index is 1.08. The molecule has 0 saturated heterocycles. The van der Waals surface area contributed by atoms with Gasteiger partial charge in [0.15, 0.2) is 0 Å². The fourth-order valence-corrected chi connectivity index (χ4v) is 9.14. The van der Waals surface area contributed by atoms with Gasteiger partial charge >= 0.3 is 0 Å². The second kappa shape index (κ2) is 15.1. The van der Waals surface area contributed by atoms with Crippen molar-refractivity contribution in [1.29, 1.82) is 0 Å². The first-order valence-corrected chi connectivity index (χ1v) is 20.6. The van der Waals surface area contributed by atoms with E-state index >= 15 is 0 Å². The second-order valence-corrected chi connectivity index (χ2v) is 15.2. The topological polar surface area (TPSA) is 8.17 Å². The third-order valence-electron chi connectivity index (χ3n) is 11.8. The molecule has 0 unspecified atom stereocenters. The van der Waals surface area contributed by atoms with E-state index in [-0.39, 0.29) is 0 Å². The van der Waals surface area contributed by atoms with Crippen molar-refractivity contribution in [2.45, 2.75) is 0 Å². The van der Waals surface area contributed by atoms with Crippen LogP contribution in [0.2, 0.25) is 0 Å². The third kappa shape index (κ3) is 6.06. The van der Waals surface area contributed by atoms with Gasteiger partial charge in [-0.1, -0.05) is 200 Å². The minimum atomic E-state index is 1.08. The number of rotatable bonds is 8. The molecule has 10 aromatic carbocycles. The number of aromatic nitrogens is 1. The molecule has 0 bridgehead atoms. The first-order chi connectivity index (χ1) is 29.8. The van der Waals surface area contributed by atoms with Crippen molar-refractivity contribution >= 4 is 49.6 Å². The Kier molecular flexibility index (Phi) is 8.87. The van der Waals surface area contributed by atoms with Gasteiger partial charge in [-0.3, -0.25) is 0 Å². The van der Waals surface area contributed by atoms with Crippen LogP contribution in [0.5, 0.6) is 0 Å². The molecule has 2 heteroatoms. The summed E-state index contributed by atoms with van der Waals surface area (Å²) in [6.07, 6.45) is 0. The van der Waals surface area contributed by atoms with Crippen molar-refractivity contribution in [3.05, 3.63) is 243 Å². The zero-order valence-electron chi connectivity index (χ0n) is 33.0. The molecule has 60 heavy (non-hydrogen) atoms. The smallest absolute Gasteiger partial charge is 0.0562 e. The second-order valence-electron chi connectivity index (χ2n) is 15.2. The molecule has 0 radical (unpaired) electrons. The van der Waals surface area contributed by atoms with E-state index in [4.69, 9.17) is 0 Å². The van der Waals surface area contributed by atoms with Crippen LogP contribution in [0.3, 0.4) is 0 Å². The Labute approximate surface area is 350 Å². The van der Waals surface area contributed by atoms with E-state index in [0.717, 1.165) is 33.8 Å². The van der Waals surface area contributed by atoms with Gasteiger partial charge < -0.3 is 9.47 Å². The zero-order chi connectivity index (χ0) is 39.8. The van der Waals surface area contributed by atoms with Crippen LogP contribution in [0, 0.1) is 0 Å². The molecule has 0 aliphatic rings. The van der Waals surface area contributed by atoms with Crippen molar-refractivity contribution in [3.63, 3.8) is 0 Å². The molecule has 0 spiro atoms. The van der Waals surface area contributed by atoms with Gasteiger partial charge in [0, 0.05) is 27.6 Å². The van der Waals surface area contributed by atoms with Crippen molar-refractivity contribution in [2.24, 2.45) is 0 Å². The molecule has 1 aromatic heterocycles. The third-order valence-corrected chi connectivity index (χ3v) is 11.8. The number of anilines is 3. The first kappa shape index (κ1) is 35.2. The molecule has 11 aromatic rings. The highest BCUT2D eigenvalue weighted by Crippen LogP contribution is 2.48. The molecule has 0 N–H and O–H groups in total. The van der Waals surface area contributed by atoms with Gasteiger partial charge in [-0.05, 0) is 86.6 Å². The van der Waals surface area contributed by atoms with Crippen LogP contribution in [0.25, 0.3) is 82.8 Å². The number of hydrogen-bond donors (Lipinski definition) is 0. The fraction of sp³-hybridized carbons (Fsp3) is 0. The quantitative estimate of drug-likeness (QED) is 0.150. The predicted octanol–water partition coefficient (Wildman–Crippen LogP) is 16.1. The number of hydrogen-bond acceptors (Lipinski definition) is 1. The van der Waals surface area contributed by atoms with Crippen molar-refractivity contribution < 1.29 is 0 Å². The van der Waals surface area contributed by atoms with Gasteiger partial charge in [-0.15, -0.1) is 0 Å². The molecule has 0 saturated carbocycles. The summed E-state index contributed by atoms with van der Waals surface area (Å²) in [5.41, 5.74) is 16.3. The standard InChI is InChI=1S/C58H40N2/c1-3-19-41(20-4-1)46-25-9-10-26-47(46)44-37-39-45(40-38-44)59(53-32-14-11-28-49(53)43-21-5-2-6-22-43)56-35-18-36-57-58(56)52-30-13-16-34-55(52)60(57)54-33-15-12-29-51(54)50-31-17-24-42-23-7-8-27-48(42)50/h1-40H. The van der Waals surface area contributed by atoms with Gasteiger partial charge in [0.2, 0.25) is 0 Å². The van der Waals surface area contributed by atoms with Crippen molar-refractivity contribution in [1.82, 2.24) is 4.57 Å². The first-order valence-electron chi connectivity index (χ1n) is 20.6. The Morgan fingerprint density at radius 2 is 0.767 bits per heavy atom. The van der Waals surface area contributed by atoms with Gasteiger partial charge in [0.05, 0.1) is 28.1 Å². The average molecular weight is 765 g/mol. The van der Waals surface area contributed by atoms with Crippen LogP contribution in [0.1, 0.15) is 0 Å². The Hall–Kier alpha value is -7.94. The van der Waals surface area contributed by atoms with E-state index in [1.807, 2.05) is 0 Å². The molecular weight excluding hydrogens is 725 g/mol. The van der Waals surface area contributed by atoms with E-state index in [1.165, 1.54) is 66.1 Å². The van der Waals surface area contributed by atoms with E-state index in [9.17, 15) is 0 Å². The van der Waals surface area contributed by atoms with Gasteiger partial charge in [0.25, 0.3) is 0 Å². The molecule has 0 amide bonds. The zero-order valence-corrected chi connectivity index (χ0v) is 33.0. The highest BCUT2D eigenvalue weighted by Gasteiger charge is 2.24. The number of fused-ring (bicyclic) bond motifs is 4. The van der Waals surface area contributed by atoms with Gasteiger partial charge in [-0.25, -0.2) is 0 Å². The summed E-state index contributed by atoms with van der Waals surface area (Å²) in [6, 6.07) is 87.9. The summed E-state index contributed by atoms with van der Waals surface area (Å²) in [4.78, 5) is 2.46. The van der Waals surface area contributed by atoms with Crippen LogP contribution in [0.15, 0.2) is 243 Å². The lowest BCUT2D eigenvalue weighted by Gasteiger charge is -2.29. The largest absolute Gasteiger partial charge is 0.309 e. The van der Waals surface area contributed by atoms with Crippen LogP contribution < -0.4 is 4.90 Å². The summed E-state index contributed by atoms with van der Waals surface area (Å²) in [5.74, 6) is 0. The van der Waals surface area contributed by atoms with Crippen LogP contribution in [-0.4, -0.2) is 4.57 Å². The summed E-state index contributed by atoms with van der Waals surface area (Å²) in [7, 11) is 0. The lowest BCUT2D eigenvalue weighted by atomic mass is 9.94. The lowest BCUT2D eigenvalue weighted by molar-refractivity contribution is 1.18. The summed E-state index contributed by atoms with van der Waals surface area (Å²) >= 11 is 0. The number of nitrogens with zero attached hydrogens (tertiary/aromatic N) is 2.